The predicted octanol–water partition coefficient (Wildman–Crippen LogP) is 0.964. The van der Waals surface area contributed by atoms with Crippen LogP contribution in [0, 0.1) is 0 Å². The van der Waals surface area contributed by atoms with Crippen molar-refractivity contribution in [2.45, 2.75) is 13.3 Å². The van der Waals surface area contributed by atoms with Gasteiger partial charge < -0.3 is 9.84 Å². The van der Waals surface area contributed by atoms with Crippen LogP contribution in [0.3, 0.4) is 0 Å². The van der Waals surface area contributed by atoms with Crippen molar-refractivity contribution in [3.8, 4) is 5.88 Å². The zero-order valence-electron chi connectivity index (χ0n) is 7.23. The van der Waals surface area contributed by atoms with Crippen LogP contribution in [0.1, 0.15) is 23.8 Å². The molecule has 0 aromatic carbocycles. The summed E-state index contributed by atoms with van der Waals surface area (Å²) < 4.78 is 5.12. The maximum absolute atomic E-state index is 10.4. The van der Waals surface area contributed by atoms with Gasteiger partial charge in [0.2, 0.25) is 5.88 Å². The first-order valence-corrected chi connectivity index (χ1v) is 3.94. The average molecular weight is 182 g/mol. The highest BCUT2D eigenvalue weighted by atomic mass is 16.5. The molecule has 1 heterocycles. The van der Waals surface area contributed by atoms with Crippen LogP contribution in [-0.4, -0.2) is 27.9 Å². The fraction of sp³-hybridized carbons (Fsp3) is 0.375. The molecule has 0 amide bonds. The normalized spacial score (nSPS) is 9.62. The van der Waals surface area contributed by atoms with Crippen LogP contribution in [0.2, 0.25) is 0 Å². The van der Waals surface area contributed by atoms with Crippen LogP contribution in [-0.2, 0) is 0 Å². The maximum Gasteiger partial charge on any atom is 0.356 e. The Morgan fingerprint density at radius 3 is 2.77 bits per heavy atom. The van der Waals surface area contributed by atoms with Crippen LogP contribution in [0.15, 0.2) is 12.1 Å². The first-order chi connectivity index (χ1) is 6.24. The van der Waals surface area contributed by atoms with Gasteiger partial charge in [-0.15, -0.1) is 10.2 Å². The summed E-state index contributed by atoms with van der Waals surface area (Å²) in [6.45, 7) is 2.53. The van der Waals surface area contributed by atoms with Gasteiger partial charge in [-0.25, -0.2) is 4.79 Å². The van der Waals surface area contributed by atoms with Crippen LogP contribution >= 0.6 is 0 Å². The second-order valence-electron chi connectivity index (χ2n) is 2.41. The summed E-state index contributed by atoms with van der Waals surface area (Å²) in [5.41, 5.74) is -0.0798. The molecule has 0 aliphatic carbocycles. The molecule has 1 N–H and O–H groups in total. The Morgan fingerprint density at radius 2 is 2.31 bits per heavy atom. The Hall–Kier alpha value is -1.65. The molecule has 0 fully saturated rings. The zero-order chi connectivity index (χ0) is 9.68. The number of rotatable bonds is 4. The lowest BCUT2D eigenvalue weighted by molar-refractivity contribution is 0.0689. The third kappa shape index (κ3) is 2.70. The van der Waals surface area contributed by atoms with E-state index in [1.54, 1.807) is 0 Å². The molecule has 0 saturated carbocycles. The van der Waals surface area contributed by atoms with E-state index in [-0.39, 0.29) is 5.69 Å². The first kappa shape index (κ1) is 9.44. The third-order valence-corrected chi connectivity index (χ3v) is 1.31. The van der Waals surface area contributed by atoms with E-state index in [0.29, 0.717) is 12.5 Å². The number of aromatic nitrogens is 2. The Bertz CT molecular complexity index is 284. The smallest absolute Gasteiger partial charge is 0.356 e. The third-order valence-electron chi connectivity index (χ3n) is 1.31. The van der Waals surface area contributed by atoms with Gasteiger partial charge in [0, 0.05) is 6.07 Å². The molecular weight excluding hydrogens is 172 g/mol. The molecule has 0 atom stereocenters. The van der Waals surface area contributed by atoms with Gasteiger partial charge in [0.15, 0.2) is 5.69 Å². The highest BCUT2D eigenvalue weighted by Gasteiger charge is 2.04. The van der Waals surface area contributed by atoms with E-state index >= 15 is 0 Å². The minimum absolute atomic E-state index is 0.0798. The summed E-state index contributed by atoms with van der Waals surface area (Å²) in [6.07, 6.45) is 0.877. The molecule has 13 heavy (non-hydrogen) atoms. The van der Waals surface area contributed by atoms with Gasteiger partial charge >= 0.3 is 5.97 Å². The zero-order valence-corrected chi connectivity index (χ0v) is 7.23. The fourth-order valence-corrected chi connectivity index (χ4v) is 0.718. The second-order valence-corrected chi connectivity index (χ2v) is 2.41. The number of aromatic carboxylic acids is 1. The van der Waals surface area contributed by atoms with Crippen molar-refractivity contribution in [1.82, 2.24) is 10.2 Å². The van der Waals surface area contributed by atoms with Crippen LogP contribution < -0.4 is 4.74 Å². The van der Waals surface area contributed by atoms with E-state index in [1.807, 2.05) is 6.92 Å². The standard InChI is InChI=1S/C8H10N2O3/c1-2-5-13-7-4-3-6(8(11)12)9-10-7/h3-4H,2,5H2,1H3,(H,11,12). The van der Waals surface area contributed by atoms with Gasteiger partial charge in [-0.2, -0.15) is 0 Å². The fourth-order valence-electron chi connectivity index (χ4n) is 0.718. The Balaban J connectivity index is 2.64. The van der Waals surface area contributed by atoms with E-state index in [0.717, 1.165) is 6.42 Å². The molecule has 0 spiro atoms. The van der Waals surface area contributed by atoms with E-state index in [1.165, 1.54) is 12.1 Å². The predicted molar refractivity (Wildman–Crippen MR) is 44.8 cm³/mol. The highest BCUT2D eigenvalue weighted by molar-refractivity contribution is 5.84. The summed E-state index contributed by atoms with van der Waals surface area (Å²) in [5.74, 6) is -0.735. The maximum atomic E-state index is 10.4. The van der Waals surface area contributed by atoms with Crippen LogP contribution in [0.4, 0.5) is 0 Å². The number of carbonyl (C=O) groups is 1. The molecule has 1 aromatic heterocycles. The molecule has 0 aliphatic rings. The van der Waals surface area contributed by atoms with E-state index in [9.17, 15) is 4.79 Å². The summed E-state index contributed by atoms with van der Waals surface area (Å²) in [7, 11) is 0. The molecule has 0 aliphatic heterocycles. The van der Waals surface area contributed by atoms with Gasteiger partial charge in [0.1, 0.15) is 0 Å². The number of carboxylic acids is 1. The van der Waals surface area contributed by atoms with E-state index in [2.05, 4.69) is 10.2 Å². The minimum atomic E-state index is -1.09. The van der Waals surface area contributed by atoms with Crippen molar-refractivity contribution in [3.63, 3.8) is 0 Å². The topological polar surface area (TPSA) is 72.3 Å². The largest absolute Gasteiger partial charge is 0.477 e. The summed E-state index contributed by atoms with van der Waals surface area (Å²) in [6, 6.07) is 2.85. The SMILES string of the molecule is CCCOc1ccc(C(=O)O)nn1. The molecule has 0 radical (unpaired) electrons. The molecule has 0 bridgehead atoms. The van der Waals surface area contributed by atoms with Crippen molar-refractivity contribution < 1.29 is 14.6 Å². The van der Waals surface area contributed by atoms with Gasteiger partial charge in [-0.3, -0.25) is 0 Å². The summed E-state index contributed by atoms with van der Waals surface area (Å²) in [5, 5.41) is 15.5. The van der Waals surface area contributed by atoms with E-state index in [4.69, 9.17) is 9.84 Å². The molecular formula is C8H10N2O3. The number of hydrogen-bond donors (Lipinski definition) is 1. The van der Waals surface area contributed by atoms with E-state index < -0.39 is 5.97 Å². The van der Waals surface area contributed by atoms with Crippen molar-refractivity contribution in [1.29, 1.82) is 0 Å². The Labute approximate surface area is 75.4 Å². The lowest BCUT2D eigenvalue weighted by atomic mass is 10.4. The van der Waals surface area contributed by atoms with Crippen LogP contribution in [0.25, 0.3) is 0 Å². The van der Waals surface area contributed by atoms with Gasteiger partial charge in [0.25, 0.3) is 0 Å². The molecule has 0 unspecified atom stereocenters. The molecule has 1 rings (SSSR count). The summed E-state index contributed by atoms with van der Waals surface area (Å²) in [4.78, 5) is 10.4. The van der Waals surface area contributed by atoms with Gasteiger partial charge in [-0.05, 0) is 12.5 Å². The number of ether oxygens (including phenoxy) is 1. The molecule has 5 heteroatoms. The first-order valence-electron chi connectivity index (χ1n) is 3.94. The second kappa shape index (κ2) is 4.39. The van der Waals surface area contributed by atoms with Crippen LogP contribution in [0.5, 0.6) is 5.88 Å². The summed E-state index contributed by atoms with van der Waals surface area (Å²) >= 11 is 0. The molecule has 5 nitrogen and oxygen atoms in total. The molecule has 0 saturated heterocycles. The number of carboxylic acid groups (broad SMARTS) is 1. The average Bonchev–Trinajstić information content (AvgIpc) is 2.15. The number of hydrogen-bond acceptors (Lipinski definition) is 4. The van der Waals surface area contributed by atoms with Crippen molar-refractivity contribution in [3.05, 3.63) is 17.8 Å². The number of nitrogens with zero attached hydrogens (tertiary/aromatic N) is 2. The Kier molecular flexibility index (Phi) is 3.19. The van der Waals surface area contributed by atoms with Crippen molar-refractivity contribution in [2.75, 3.05) is 6.61 Å². The quantitative estimate of drug-likeness (QED) is 0.750. The van der Waals surface area contributed by atoms with Crippen molar-refractivity contribution >= 4 is 5.97 Å². The van der Waals surface area contributed by atoms with Gasteiger partial charge in [0.05, 0.1) is 6.61 Å². The Morgan fingerprint density at radius 1 is 1.54 bits per heavy atom. The lowest BCUT2D eigenvalue weighted by Gasteiger charge is -2.01. The minimum Gasteiger partial charge on any atom is -0.477 e. The van der Waals surface area contributed by atoms with Gasteiger partial charge in [-0.1, -0.05) is 6.92 Å². The van der Waals surface area contributed by atoms with Crippen molar-refractivity contribution in [2.24, 2.45) is 0 Å². The lowest BCUT2D eigenvalue weighted by Crippen LogP contribution is -2.04. The molecule has 70 valence electrons. The monoisotopic (exact) mass is 182 g/mol. The molecule has 1 aromatic rings. The highest BCUT2D eigenvalue weighted by Crippen LogP contribution is 2.04.